The van der Waals surface area contributed by atoms with Crippen LogP contribution in [0.3, 0.4) is 0 Å². The molecule has 0 aliphatic rings. The number of hydrogen-bond donors (Lipinski definition) is 0. The minimum Gasteiger partial charge on any atom is -0.373 e. The number of rotatable bonds is 8. The van der Waals surface area contributed by atoms with E-state index in [2.05, 4.69) is 38.8 Å². The van der Waals surface area contributed by atoms with Gasteiger partial charge < -0.3 is 4.74 Å². The van der Waals surface area contributed by atoms with Gasteiger partial charge in [0, 0.05) is 12.2 Å². The van der Waals surface area contributed by atoms with Crippen molar-refractivity contribution in [1.82, 2.24) is 0 Å². The van der Waals surface area contributed by atoms with Gasteiger partial charge in [-0.2, -0.15) is 0 Å². The zero-order chi connectivity index (χ0) is 12.7. The van der Waals surface area contributed by atoms with Gasteiger partial charge in [0.1, 0.15) is 6.61 Å². The first-order chi connectivity index (χ1) is 8.15. The molecule has 0 saturated heterocycles. The lowest BCUT2D eigenvalue weighted by Crippen LogP contribution is -2.09. The van der Waals surface area contributed by atoms with E-state index in [0.29, 0.717) is 12.2 Å². The molecular weight excluding hydrogens is 368 g/mol. The molecule has 0 atom stereocenters. The predicted molar refractivity (Wildman–Crippen MR) is 79.0 cm³/mol. The quantitative estimate of drug-likeness (QED) is 0.463. The zero-order valence-corrected chi connectivity index (χ0v) is 13.8. The Morgan fingerprint density at radius 3 is 2.71 bits per heavy atom. The van der Waals surface area contributed by atoms with Gasteiger partial charge >= 0.3 is 0 Å². The van der Waals surface area contributed by atoms with Crippen molar-refractivity contribution < 1.29 is 9.53 Å². The van der Waals surface area contributed by atoms with E-state index < -0.39 is 0 Å². The molecule has 1 aromatic heterocycles. The minimum atomic E-state index is 0.0364. The average molecular weight is 384 g/mol. The molecule has 0 radical (unpaired) electrons. The molecule has 0 saturated carbocycles. The molecule has 2 nitrogen and oxygen atoms in total. The van der Waals surface area contributed by atoms with E-state index in [4.69, 9.17) is 4.74 Å². The highest BCUT2D eigenvalue weighted by Crippen LogP contribution is 2.32. The van der Waals surface area contributed by atoms with Crippen LogP contribution in [0.2, 0.25) is 0 Å². The van der Waals surface area contributed by atoms with Gasteiger partial charge in [-0.25, -0.2) is 0 Å². The van der Waals surface area contributed by atoms with E-state index in [9.17, 15) is 4.79 Å². The monoisotopic (exact) mass is 382 g/mol. The molecule has 1 heterocycles. The Morgan fingerprint density at radius 2 is 2.12 bits per heavy atom. The molecule has 5 heteroatoms. The summed E-state index contributed by atoms with van der Waals surface area (Å²) in [5.41, 5.74) is 0.704. The van der Waals surface area contributed by atoms with Crippen LogP contribution < -0.4 is 0 Å². The fourth-order valence-corrected chi connectivity index (χ4v) is 4.26. The molecule has 17 heavy (non-hydrogen) atoms. The Bertz CT molecular complexity index is 363. The lowest BCUT2D eigenvalue weighted by molar-refractivity contribution is 0.0752. The first-order valence-electron chi connectivity index (χ1n) is 5.71. The maximum atomic E-state index is 11.8. The standard InChI is InChI=1S/C12H16Br2O2S/c1-2-3-4-5-6-16-8-10(15)9-7-11(13)17-12(9)14/h7H,2-6,8H2,1H3. The molecule has 0 amide bonds. The summed E-state index contributed by atoms with van der Waals surface area (Å²) in [7, 11) is 0. The van der Waals surface area contributed by atoms with Crippen molar-refractivity contribution in [2.45, 2.75) is 32.6 Å². The van der Waals surface area contributed by atoms with E-state index in [1.165, 1.54) is 30.6 Å². The molecular formula is C12H16Br2O2S. The Labute approximate surface area is 123 Å². The first kappa shape index (κ1) is 15.3. The molecule has 0 aromatic carbocycles. The van der Waals surface area contributed by atoms with Gasteiger partial charge in [-0.05, 0) is 44.3 Å². The topological polar surface area (TPSA) is 26.3 Å². The zero-order valence-electron chi connectivity index (χ0n) is 9.80. The fourth-order valence-electron chi connectivity index (χ4n) is 1.40. The Kier molecular flexibility index (Phi) is 7.59. The fraction of sp³-hybridized carbons (Fsp3) is 0.583. The lowest BCUT2D eigenvalue weighted by Gasteiger charge is -2.02. The molecule has 96 valence electrons. The van der Waals surface area contributed by atoms with Crippen LogP contribution in [-0.2, 0) is 4.74 Å². The number of thiophene rings is 1. The van der Waals surface area contributed by atoms with Crippen molar-refractivity contribution in [3.63, 3.8) is 0 Å². The van der Waals surface area contributed by atoms with Crippen LogP contribution in [0.25, 0.3) is 0 Å². The maximum Gasteiger partial charge on any atom is 0.190 e. The van der Waals surface area contributed by atoms with Crippen molar-refractivity contribution in [1.29, 1.82) is 0 Å². The second-order valence-corrected chi connectivity index (χ2v) is 7.52. The van der Waals surface area contributed by atoms with Crippen molar-refractivity contribution >= 4 is 49.0 Å². The van der Waals surface area contributed by atoms with Gasteiger partial charge in [0.15, 0.2) is 5.78 Å². The molecule has 0 unspecified atom stereocenters. The third kappa shape index (κ3) is 5.64. The van der Waals surface area contributed by atoms with E-state index >= 15 is 0 Å². The van der Waals surface area contributed by atoms with Crippen molar-refractivity contribution in [3.05, 3.63) is 19.2 Å². The van der Waals surface area contributed by atoms with Crippen LogP contribution in [0.5, 0.6) is 0 Å². The van der Waals surface area contributed by atoms with Gasteiger partial charge in [-0.3, -0.25) is 4.79 Å². The number of ketones is 1. The second-order valence-electron chi connectivity index (χ2n) is 3.77. The first-order valence-corrected chi connectivity index (χ1v) is 8.11. The maximum absolute atomic E-state index is 11.8. The van der Waals surface area contributed by atoms with Gasteiger partial charge in [-0.1, -0.05) is 26.2 Å². The van der Waals surface area contributed by atoms with Crippen LogP contribution in [-0.4, -0.2) is 19.0 Å². The summed E-state index contributed by atoms with van der Waals surface area (Å²) in [5.74, 6) is 0.0364. The van der Waals surface area contributed by atoms with Crippen LogP contribution in [0.1, 0.15) is 43.0 Å². The summed E-state index contributed by atoms with van der Waals surface area (Å²) in [4.78, 5) is 11.8. The largest absolute Gasteiger partial charge is 0.373 e. The lowest BCUT2D eigenvalue weighted by atomic mass is 10.2. The van der Waals surface area contributed by atoms with Crippen molar-refractivity contribution in [2.24, 2.45) is 0 Å². The van der Waals surface area contributed by atoms with Crippen LogP contribution >= 0.6 is 43.2 Å². The molecule has 0 fully saturated rings. The van der Waals surface area contributed by atoms with E-state index in [0.717, 1.165) is 14.0 Å². The average Bonchev–Trinajstić information content (AvgIpc) is 2.62. The number of unbranched alkanes of at least 4 members (excludes halogenated alkanes) is 3. The summed E-state index contributed by atoms with van der Waals surface area (Å²) in [5, 5.41) is 0. The third-order valence-electron chi connectivity index (χ3n) is 2.33. The summed E-state index contributed by atoms with van der Waals surface area (Å²) in [6.07, 6.45) is 4.67. The summed E-state index contributed by atoms with van der Waals surface area (Å²) < 4.78 is 7.20. The normalized spacial score (nSPS) is 10.8. The van der Waals surface area contributed by atoms with Crippen molar-refractivity contribution in [2.75, 3.05) is 13.2 Å². The number of halogens is 2. The molecule has 0 bridgehead atoms. The molecule has 0 spiro atoms. The summed E-state index contributed by atoms with van der Waals surface area (Å²) >= 11 is 8.23. The number of hydrogen-bond acceptors (Lipinski definition) is 3. The number of carbonyl (C=O) groups is 1. The molecule has 1 aromatic rings. The van der Waals surface area contributed by atoms with Gasteiger partial charge in [0.2, 0.25) is 0 Å². The van der Waals surface area contributed by atoms with Crippen LogP contribution in [0.15, 0.2) is 13.6 Å². The third-order valence-corrected chi connectivity index (χ3v) is 4.67. The van der Waals surface area contributed by atoms with Gasteiger partial charge in [-0.15, -0.1) is 11.3 Å². The highest BCUT2D eigenvalue weighted by atomic mass is 79.9. The molecule has 0 N–H and O–H groups in total. The summed E-state index contributed by atoms with van der Waals surface area (Å²) in [6, 6.07) is 1.83. The number of carbonyl (C=O) groups excluding carboxylic acids is 1. The minimum absolute atomic E-state index is 0.0364. The number of ether oxygens (including phenoxy) is 1. The van der Waals surface area contributed by atoms with Crippen molar-refractivity contribution in [3.8, 4) is 0 Å². The van der Waals surface area contributed by atoms with Gasteiger partial charge in [0.25, 0.3) is 0 Å². The van der Waals surface area contributed by atoms with E-state index in [1.54, 1.807) is 0 Å². The second kappa shape index (κ2) is 8.40. The van der Waals surface area contributed by atoms with Gasteiger partial charge in [0.05, 0.1) is 7.57 Å². The smallest absolute Gasteiger partial charge is 0.190 e. The Hall–Kier alpha value is 0.290. The SMILES string of the molecule is CCCCCCOCC(=O)c1cc(Br)sc1Br. The van der Waals surface area contributed by atoms with Crippen LogP contribution in [0.4, 0.5) is 0 Å². The Balaban J connectivity index is 2.23. The predicted octanol–water partition coefficient (Wildman–Crippen LogP) is 5.05. The van der Waals surface area contributed by atoms with E-state index in [1.807, 2.05) is 6.07 Å². The molecule has 0 aliphatic heterocycles. The molecule has 0 aliphatic carbocycles. The summed E-state index contributed by atoms with van der Waals surface area (Å²) in [6.45, 7) is 3.03. The highest BCUT2D eigenvalue weighted by molar-refractivity contribution is 9.12. The van der Waals surface area contributed by atoms with Crippen LogP contribution in [0, 0.1) is 0 Å². The van der Waals surface area contributed by atoms with E-state index in [-0.39, 0.29) is 12.4 Å². The number of Topliss-reactive ketones (excluding diaryl/α,β-unsaturated/α-hetero) is 1. The Morgan fingerprint density at radius 1 is 1.35 bits per heavy atom. The molecule has 1 rings (SSSR count). The highest BCUT2D eigenvalue weighted by Gasteiger charge is 2.13.